The Hall–Kier alpha value is -2.54. The van der Waals surface area contributed by atoms with E-state index in [1.165, 1.54) is 5.71 Å². The number of aliphatic imine (C=N–C) groups is 1. The SMILES string of the molecule is CCOC(=O)N1CCC(NC(=O)c2ccc3c(c2)N=C(CC(C)C)C2C=CC=CC2S3)CC1. The van der Waals surface area contributed by atoms with E-state index < -0.39 is 0 Å². The molecule has 0 spiro atoms. The normalized spacial score (nSPS) is 22.3. The topological polar surface area (TPSA) is 71.0 Å². The van der Waals surface area contributed by atoms with Crippen molar-refractivity contribution < 1.29 is 14.3 Å². The third kappa shape index (κ3) is 5.69. The highest BCUT2D eigenvalue weighted by molar-refractivity contribution is 8.00. The van der Waals surface area contributed by atoms with Crippen LogP contribution in [-0.2, 0) is 4.74 Å². The van der Waals surface area contributed by atoms with E-state index >= 15 is 0 Å². The van der Waals surface area contributed by atoms with Crippen LogP contribution in [-0.4, -0.2) is 53.6 Å². The molecule has 0 saturated carbocycles. The molecule has 1 saturated heterocycles. The summed E-state index contributed by atoms with van der Waals surface area (Å²) in [7, 11) is 0. The van der Waals surface area contributed by atoms with Crippen LogP contribution in [0.3, 0.4) is 0 Å². The van der Waals surface area contributed by atoms with Gasteiger partial charge in [0.15, 0.2) is 0 Å². The van der Waals surface area contributed by atoms with Gasteiger partial charge in [0.25, 0.3) is 5.91 Å². The number of thioether (sulfide) groups is 1. The van der Waals surface area contributed by atoms with Crippen LogP contribution in [0.4, 0.5) is 10.5 Å². The van der Waals surface area contributed by atoms with Crippen LogP contribution in [0, 0.1) is 11.8 Å². The Bertz CT molecular complexity index is 977. The van der Waals surface area contributed by atoms with Crippen molar-refractivity contribution in [3.05, 3.63) is 48.1 Å². The van der Waals surface area contributed by atoms with Gasteiger partial charge < -0.3 is 15.0 Å². The molecule has 0 bridgehead atoms. The second-order valence-electron chi connectivity index (χ2n) is 9.20. The van der Waals surface area contributed by atoms with Gasteiger partial charge in [-0.15, -0.1) is 11.8 Å². The number of amides is 2. The van der Waals surface area contributed by atoms with Crippen molar-refractivity contribution in [1.82, 2.24) is 10.2 Å². The highest BCUT2D eigenvalue weighted by Crippen LogP contribution is 2.42. The maximum Gasteiger partial charge on any atom is 0.409 e. The minimum Gasteiger partial charge on any atom is -0.450 e. The molecular formula is C26H33N3O3S. The molecule has 0 radical (unpaired) electrons. The van der Waals surface area contributed by atoms with Crippen LogP contribution in [0.2, 0.25) is 0 Å². The van der Waals surface area contributed by atoms with Crippen molar-refractivity contribution in [2.45, 2.75) is 56.2 Å². The summed E-state index contributed by atoms with van der Waals surface area (Å²) >= 11 is 1.82. The molecule has 2 atom stereocenters. The van der Waals surface area contributed by atoms with Gasteiger partial charge in [0.2, 0.25) is 0 Å². The van der Waals surface area contributed by atoms with Gasteiger partial charge in [-0.1, -0.05) is 38.2 Å². The van der Waals surface area contributed by atoms with Crippen LogP contribution in [0.5, 0.6) is 0 Å². The summed E-state index contributed by atoms with van der Waals surface area (Å²) in [6, 6.07) is 5.91. The van der Waals surface area contributed by atoms with E-state index in [4.69, 9.17) is 9.73 Å². The Morgan fingerprint density at radius 1 is 1.21 bits per heavy atom. The van der Waals surface area contributed by atoms with Gasteiger partial charge >= 0.3 is 6.09 Å². The van der Waals surface area contributed by atoms with E-state index in [-0.39, 0.29) is 24.0 Å². The summed E-state index contributed by atoms with van der Waals surface area (Å²) in [6.45, 7) is 7.81. The minimum absolute atomic E-state index is 0.0505. The van der Waals surface area contributed by atoms with Crippen molar-refractivity contribution in [3.8, 4) is 0 Å². The second kappa shape index (κ2) is 10.6. The molecule has 1 fully saturated rings. The monoisotopic (exact) mass is 467 g/mol. The molecule has 176 valence electrons. The smallest absolute Gasteiger partial charge is 0.409 e. The number of nitrogens with zero attached hydrogens (tertiary/aromatic N) is 2. The van der Waals surface area contributed by atoms with Crippen LogP contribution in [0.15, 0.2) is 52.4 Å². The van der Waals surface area contributed by atoms with Gasteiger partial charge in [0, 0.05) is 46.5 Å². The summed E-state index contributed by atoms with van der Waals surface area (Å²) < 4.78 is 5.07. The standard InChI is InChI=1S/C26H33N3O3S/c1-4-32-26(31)29-13-11-19(12-14-29)27-25(30)18-9-10-24-22(16-18)28-21(15-17(2)3)20-7-5-6-8-23(20)33-24/h5-10,16-17,19-20,23H,4,11-15H2,1-3H3,(H,27,30). The predicted octanol–water partition coefficient (Wildman–Crippen LogP) is 5.37. The first-order chi connectivity index (χ1) is 15.9. The van der Waals surface area contributed by atoms with Gasteiger partial charge in [-0.2, -0.15) is 0 Å². The van der Waals surface area contributed by atoms with Crippen LogP contribution in [0.25, 0.3) is 0 Å². The van der Waals surface area contributed by atoms with E-state index in [0.717, 1.165) is 29.8 Å². The lowest BCUT2D eigenvalue weighted by atomic mass is 9.89. The molecule has 2 amide bonds. The van der Waals surface area contributed by atoms with Gasteiger partial charge in [-0.3, -0.25) is 9.79 Å². The first-order valence-corrected chi connectivity index (χ1v) is 12.8. The highest BCUT2D eigenvalue weighted by Gasteiger charge is 2.30. The fourth-order valence-corrected chi connectivity index (χ4v) is 5.74. The molecule has 4 rings (SSSR count). The Morgan fingerprint density at radius 3 is 2.70 bits per heavy atom. The van der Waals surface area contributed by atoms with Crippen LogP contribution >= 0.6 is 11.8 Å². The first kappa shape index (κ1) is 23.6. The fourth-order valence-electron chi connectivity index (χ4n) is 4.51. The molecule has 33 heavy (non-hydrogen) atoms. The number of hydrogen-bond acceptors (Lipinski definition) is 5. The van der Waals surface area contributed by atoms with E-state index in [0.29, 0.717) is 36.4 Å². The van der Waals surface area contributed by atoms with E-state index in [2.05, 4.69) is 43.5 Å². The van der Waals surface area contributed by atoms with Crippen LogP contribution in [0.1, 0.15) is 50.4 Å². The lowest BCUT2D eigenvalue weighted by molar-refractivity contribution is 0.0860. The Kier molecular flexibility index (Phi) is 7.58. The third-order valence-electron chi connectivity index (χ3n) is 6.19. The van der Waals surface area contributed by atoms with E-state index in [9.17, 15) is 9.59 Å². The van der Waals surface area contributed by atoms with Gasteiger partial charge in [-0.25, -0.2) is 4.79 Å². The lowest BCUT2D eigenvalue weighted by Crippen LogP contribution is -2.46. The predicted molar refractivity (Wildman–Crippen MR) is 133 cm³/mol. The number of nitrogens with one attached hydrogen (secondary N) is 1. The Balaban J connectivity index is 1.47. The summed E-state index contributed by atoms with van der Waals surface area (Å²) in [5, 5.41) is 3.48. The molecule has 2 heterocycles. The minimum atomic E-state index is -0.272. The zero-order valence-corrected chi connectivity index (χ0v) is 20.4. The van der Waals surface area contributed by atoms with Gasteiger partial charge in [0.1, 0.15) is 0 Å². The molecule has 1 aromatic rings. The summed E-state index contributed by atoms with van der Waals surface area (Å²) in [5.74, 6) is 0.721. The number of rotatable bonds is 5. The number of ether oxygens (including phenoxy) is 1. The number of carbonyl (C=O) groups excluding carboxylic acids is 2. The first-order valence-electron chi connectivity index (χ1n) is 11.9. The summed E-state index contributed by atoms with van der Waals surface area (Å²) in [6.07, 6.45) is 10.8. The van der Waals surface area contributed by atoms with E-state index in [1.807, 2.05) is 30.0 Å². The molecule has 2 unspecified atom stereocenters. The van der Waals surface area contributed by atoms with Crippen molar-refractivity contribution in [3.63, 3.8) is 0 Å². The molecule has 1 aromatic carbocycles. The molecule has 2 aliphatic heterocycles. The number of hydrogen-bond donors (Lipinski definition) is 1. The van der Waals surface area contributed by atoms with Crippen molar-refractivity contribution >= 4 is 35.2 Å². The summed E-state index contributed by atoms with van der Waals surface area (Å²) in [4.78, 5) is 32.8. The average molecular weight is 468 g/mol. The Morgan fingerprint density at radius 2 is 1.97 bits per heavy atom. The number of allylic oxidation sites excluding steroid dienone is 3. The Labute approximate surface area is 200 Å². The number of likely N-dealkylation sites (tertiary alicyclic amines) is 1. The number of carbonyl (C=O) groups is 2. The zero-order valence-electron chi connectivity index (χ0n) is 19.6. The number of fused-ring (bicyclic) bond motifs is 2. The van der Waals surface area contributed by atoms with Gasteiger partial charge in [-0.05, 0) is 50.3 Å². The number of piperidine rings is 1. The molecule has 0 aromatic heterocycles. The van der Waals surface area contributed by atoms with Crippen molar-refractivity contribution in [2.24, 2.45) is 16.8 Å². The highest BCUT2D eigenvalue weighted by atomic mass is 32.2. The zero-order chi connectivity index (χ0) is 23.4. The quantitative estimate of drug-likeness (QED) is 0.632. The fraction of sp³-hybridized carbons (Fsp3) is 0.500. The molecule has 1 aliphatic carbocycles. The molecule has 1 N–H and O–H groups in total. The lowest BCUT2D eigenvalue weighted by Gasteiger charge is -2.31. The van der Waals surface area contributed by atoms with Gasteiger partial charge in [0.05, 0.1) is 12.3 Å². The molecule has 6 nitrogen and oxygen atoms in total. The average Bonchev–Trinajstić information content (AvgIpc) is 2.95. The second-order valence-corrected chi connectivity index (χ2v) is 10.4. The maximum absolute atomic E-state index is 13.0. The third-order valence-corrected chi connectivity index (χ3v) is 7.51. The van der Waals surface area contributed by atoms with Crippen molar-refractivity contribution in [1.29, 1.82) is 0 Å². The molecule has 7 heteroatoms. The van der Waals surface area contributed by atoms with Crippen LogP contribution < -0.4 is 5.32 Å². The van der Waals surface area contributed by atoms with E-state index in [1.54, 1.807) is 11.8 Å². The summed E-state index contributed by atoms with van der Waals surface area (Å²) in [5.41, 5.74) is 2.70. The number of benzene rings is 1. The maximum atomic E-state index is 13.0. The molecular weight excluding hydrogens is 434 g/mol. The van der Waals surface area contributed by atoms with Crippen molar-refractivity contribution in [2.75, 3.05) is 19.7 Å². The molecule has 3 aliphatic rings. The largest absolute Gasteiger partial charge is 0.450 e.